The van der Waals surface area contributed by atoms with E-state index in [2.05, 4.69) is 20.9 Å². The van der Waals surface area contributed by atoms with E-state index in [1.54, 1.807) is 6.26 Å². The zero-order valence-corrected chi connectivity index (χ0v) is 17.8. The Morgan fingerprint density at radius 1 is 1.33 bits per heavy atom. The summed E-state index contributed by atoms with van der Waals surface area (Å²) in [4.78, 5) is 29.0. The average Bonchev–Trinajstić information content (AvgIpc) is 3.42. The van der Waals surface area contributed by atoms with Gasteiger partial charge in [-0.3, -0.25) is 14.5 Å². The zero-order valence-electron chi connectivity index (χ0n) is 17.0. The van der Waals surface area contributed by atoms with Crippen molar-refractivity contribution in [3.63, 3.8) is 0 Å². The second-order valence-corrected chi connectivity index (χ2v) is 8.39. The Balaban J connectivity index is 1.26. The van der Waals surface area contributed by atoms with Crippen LogP contribution in [0.15, 0.2) is 22.8 Å². The van der Waals surface area contributed by atoms with Gasteiger partial charge in [0.2, 0.25) is 11.8 Å². The Morgan fingerprint density at radius 2 is 2.17 bits per heavy atom. The van der Waals surface area contributed by atoms with Crippen molar-refractivity contribution in [2.24, 2.45) is 0 Å². The van der Waals surface area contributed by atoms with Crippen molar-refractivity contribution >= 4 is 29.1 Å². The molecule has 9 nitrogen and oxygen atoms in total. The number of piperazine rings is 1. The molecule has 3 N–H and O–H groups in total. The highest BCUT2D eigenvalue weighted by Crippen LogP contribution is 2.26. The number of carbonyl (C=O) groups excluding carboxylic acids is 2. The van der Waals surface area contributed by atoms with Crippen LogP contribution in [0, 0.1) is 0 Å². The average molecular weight is 436 g/mol. The minimum Gasteiger partial charge on any atom is -0.467 e. The van der Waals surface area contributed by atoms with E-state index in [0.717, 1.165) is 18.7 Å². The molecule has 10 heteroatoms. The van der Waals surface area contributed by atoms with Crippen molar-refractivity contribution in [2.75, 3.05) is 39.4 Å². The van der Waals surface area contributed by atoms with Crippen molar-refractivity contribution in [1.29, 1.82) is 0 Å². The van der Waals surface area contributed by atoms with Crippen molar-refractivity contribution < 1.29 is 18.7 Å². The summed E-state index contributed by atoms with van der Waals surface area (Å²) < 4.78 is 10.6. The highest BCUT2D eigenvalue weighted by atomic mass is 32.1. The number of hydrogen-bond donors (Lipinski definition) is 3. The zero-order chi connectivity index (χ0) is 20.9. The number of nitrogens with zero attached hydrogens (tertiary/aromatic N) is 2. The van der Waals surface area contributed by atoms with E-state index in [4.69, 9.17) is 21.4 Å². The maximum Gasteiger partial charge on any atom is 0.237 e. The molecule has 0 radical (unpaired) electrons. The predicted molar refractivity (Wildman–Crippen MR) is 114 cm³/mol. The number of ether oxygens (including phenoxy) is 1. The van der Waals surface area contributed by atoms with Crippen LogP contribution in [0.2, 0.25) is 0 Å². The first-order valence-corrected chi connectivity index (χ1v) is 11.0. The lowest BCUT2D eigenvalue weighted by Gasteiger charge is -2.37. The molecule has 4 heterocycles. The van der Waals surface area contributed by atoms with Crippen LogP contribution in [0.5, 0.6) is 0 Å². The minimum atomic E-state index is -0.174. The standard InChI is InChI=1S/C20H29N5O4S/c26-18(24-5-8-28-9-6-24)4-3-15-11-21-19(27)17-10-14(13-25(15)17)23-20(30)22-12-16-2-1-7-29-16/h1-2,7,14-15,17H,3-6,8-13H2,(H,21,27)(H2,22,23,30). The highest BCUT2D eigenvalue weighted by Gasteiger charge is 2.43. The van der Waals surface area contributed by atoms with Crippen LogP contribution in [-0.2, 0) is 20.9 Å². The molecule has 2 amide bonds. The fourth-order valence-electron chi connectivity index (χ4n) is 4.43. The molecule has 3 atom stereocenters. The third-order valence-electron chi connectivity index (χ3n) is 6.02. The van der Waals surface area contributed by atoms with Crippen LogP contribution in [0.3, 0.4) is 0 Å². The van der Waals surface area contributed by atoms with Gasteiger partial charge in [-0.1, -0.05) is 0 Å². The lowest BCUT2D eigenvalue weighted by atomic mass is 10.0. The topological polar surface area (TPSA) is 99.1 Å². The summed E-state index contributed by atoms with van der Waals surface area (Å²) in [5.41, 5.74) is 0. The van der Waals surface area contributed by atoms with Gasteiger partial charge >= 0.3 is 0 Å². The van der Waals surface area contributed by atoms with E-state index in [0.29, 0.717) is 57.3 Å². The Kier molecular flexibility index (Phi) is 6.86. The molecule has 30 heavy (non-hydrogen) atoms. The Hall–Kier alpha value is -2.17. The molecule has 3 aliphatic heterocycles. The van der Waals surface area contributed by atoms with Gasteiger partial charge in [0.15, 0.2) is 5.11 Å². The predicted octanol–water partition coefficient (Wildman–Crippen LogP) is -0.176. The summed E-state index contributed by atoms with van der Waals surface area (Å²) >= 11 is 5.40. The first-order chi connectivity index (χ1) is 14.6. The van der Waals surface area contributed by atoms with Crippen LogP contribution >= 0.6 is 12.2 Å². The van der Waals surface area contributed by atoms with Gasteiger partial charge in [-0.2, -0.15) is 0 Å². The van der Waals surface area contributed by atoms with Crippen LogP contribution in [0.1, 0.15) is 25.0 Å². The lowest BCUT2D eigenvalue weighted by molar-refractivity contribution is -0.136. The Labute approximate surface area is 181 Å². The molecule has 0 bridgehead atoms. The number of furan rings is 1. The van der Waals surface area contributed by atoms with E-state index in [-0.39, 0.29) is 29.9 Å². The van der Waals surface area contributed by atoms with Crippen LogP contribution < -0.4 is 16.0 Å². The number of morpholine rings is 1. The van der Waals surface area contributed by atoms with Gasteiger partial charge in [-0.15, -0.1) is 0 Å². The largest absolute Gasteiger partial charge is 0.467 e. The van der Waals surface area contributed by atoms with Crippen molar-refractivity contribution in [3.05, 3.63) is 24.2 Å². The lowest BCUT2D eigenvalue weighted by Crippen LogP contribution is -2.58. The van der Waals surface area contributed by atoms with Crippen LogP contribution in [-0.4, -0.2) is 84.2 Å². The van der Waals surface area contributed by atoms with Gasteiger partial charge in [0.1, 0.15) is 5.76 Å². The summed E-state index contributed by atoms with van der Waals surface area (Å²) in [6.07, 6.45) is 3.55. The summed E-state index contributed by atoms with van der Waals surface area (Å²) in [6.45, 7) is 4.39. The molecule has 0 spiro atoms. The molecule has 3 fully saturated rings. The summed E-state index contributed by atoms with van der Waals surface area (Å²) in [6, 6.07) is 3.80. The third-order valence-corrected chi connectivity index (χ3v) is 6.28. The van der Waals surface area contributed by atoms with E-state index < -0.39 is 0 Å². The van der Waals surface area contributed by atoms with Gasteiger partial charge in [-0.25, -0.2) is 0 Å². The molecule has 164 valence electrons. The second-order valence-electron chi connectivity index (χ2n) is 7.98. The normalized spacial score (nSPS) is 26.7. The number of fused-ring (bicyclic) bond motifs is 1. The highest BCUT2D eigenvalue weighted by molar-refractivity contribution is 7.80. The quantitative estimate of drug-likeness (QED) is 0.530. The molecule has 3 aliphatic rings. The summed E-state index contributed by atoms with van der Waals surface area (Å²) in [5.74, 6) is 1.04. The number of amides is 2. The smallest absolute Gasteiger partial charge is 0.237 e. The van der Waals surface area contributed by atoms with Gasteiger partial charge in [-0.05, 0) is 37.2 Å². The maximum absolute atomic E-state index is 12.5. The van der Waals surface area contributed by atoms with Gasteiger partial charge in [0, 0.05) is 44.7 Å². The SMILES string of the molecule is O=C1NCC(CCC(=O)N2CCOCC2)N2CC(NC(=S)NCc3ccco3)CC12. The molecule has 4 rings (SSSR count). The molecular weight excluding hydrogens is 406 g/mol. The van der Waals surface area contributed by atoms with Crippen LogP contribution in [0.25, 0.3) is 0 Å². The second kappa shape index (κ2) is 9.76. The molecule has 3 unspecified atom stereocenters. The molecule has 0 aliphatic carbocycles. The first-order valence-electron chi connectivity index (χ1n) is 10.6. The monoisotopic (exact) mass is 435 g/mol. The molecule has 1 aromatic rings. The number of nitrogens with one attached hydrogen (secondary N) is 3. The molecule has 0 saturated carbocycles. The number of rotatable bonds is 6. The molecular formula is C20H29N5O4S. The maximum atomic E-state index is 12.5. The fraction of sp³-hybridized carbons (Fsp3) is 0.650. The van der Waals surface area contributed by atoms with Crippen LogP contribution in [0.4, 0.5) is 0 Å². The van der Waals surface area contributed by atoms with Crippen molar-refractivity contribution in [3.8, 4) is 0 Å². The Morgan fingerprint density at radius 3 is 2.93 bits per heavy atom. The number of thiocarbonyl (C=S) groups is 1. The third kappa shape index (κ3) is 5.11. The minimum absolute atomic E-state index is 0.0597. The van der Waals surface area contributed by atoms with Gasteiger partial charge < -0.3 is 30.0 Å². The van der Waals surface area contributed by atoms with E-state index in [1.165, 1.54) is 0 Å². The van der Waals surface area contributed by atoms with Gasteiger partial charge in [0.05, 0.1) is 32.1 Å². The fourth-order valence-corrected chi connectivity index (χ4v) is 4.67. The first kappa shape index (κ1) is 21.1. The number of hydrogen-bond acceptors (Lipinski definition) is 6. The molecule has 0 aromatic carbocycles. The Bertz CT molecular complexity index is 752. The van der Waals surface area contributed by atoms with Gasteiger partial charge in [0.25, 0.3) is 0 Å². The summed E-state index contributed by atoms with van der Waals surface area (Å²) in [7, 11) is 0. The van der Waals surface area contributed by atoms with Crippen molar-refractivity contribution in [2.45, 2.75) is 43.9 Å². The summed E-state index contributed by atoms with van der Waals surface area (Å²) in [5, 5.41) is 10.0. The van der Waals surface area contributed by atoms with E-state index >= 15 is 0 Å². The van der Waals surface area contributed by atoms with E-state index in [1.807, 2.05) is 17.0 Å². The van der Waals surface area contributed by atoms with Crippen molar-refractivity contribution in [1.82, 2.24) is 25.8 Å². The van der Waals surface area contributed by atoms with E-state index in [9.17, 15) is 9.59 Å². The molecule has 1 aromatic heterocycles. The number of carbonyl (C=O) groups is 2. The molecule has 3 saturated heterocycles.